The number of hydrogen-bond donors (Lipinski definition) is 1. The summed E-state index contributed by atoms with van der Waals surface area (Å²) < 4.78 is 5.44. The third-order valence-corrected chi connectivity index (χ3v) is 3.21. The van der Waals surface area contributed by atoms with Gasteiger partial charge in [0.2, 0.25) is 5.82 Å². The molecule has 0 aliphatic carbocycles. The Morgan fingerprint density at radius 1 is 1.53 bits per heavy atom. The second-order valence-corrected chi connectivity index (χ2v) is 5.06. The van der Waals surface area contributed by atoms with Gasteiger partial charge in [-0.25, -0.2) is 4.98 Å². The number of anilines is 2. The van der Waals surface area contributed by atoms with E-state index in [9.17, 15) is 10.1 Å². The molecule has 1 aliphatic heterocycles. The summed E-state index contributed by atoms with van der Waals surface area (Å²) in [5.41, 5.74) is -0.295. The number of hydrogen-bond acceptors (Lipinski definition) is 6. The lowest BCUT2D eigenvalue weighted by Gasteiger charge is -2.42. The molecule has 19 heavy (non-hydrogen) atoms. The first-order chi connectivity index (χ1) is 8.95. The van der Waals surface area contributed by atoms with Crippen molar-refractivity contribution in [3.8, 4) is 0 Å². The second kappa shape index (κ2) is 5.00. The largest absolute Gasteiger partial charge is 0.377 e. The first-order valence-electron chi connectivity index (χ1n) is 6.14. The minimum atomic E-state index is -0.396. The summed E-state index contributed by atoms with van der Waals surface area (Å²) in [6, 6.07) is 3.09. The summed E-state index contributed by atoms with van der Waals surface area (Å²) >= 11 is 0. The van der Waals surface area contributed by atoms with Gasteiger partial charge >= 0.3 is 5.69 Å². The molecule has 0 atom stereocenters. The van der Waals surface area contributed by atoms with E-state index in [0.29, 0.717) is 31.4 Å². The fraction of sp³-hybridized carbons (Fsp3) is 0.583. The van der Waals surface area contributed by atoms with E-state index in [0.717, 1.165) is 0 Å². The standard InChI is InChI=1S/C12H18N4O3/c1-12(2)8-19-7-6-15(12)11-9(16(17)18)4-5-10(13-3)14-11/h4-5H,6-8H2,1-3H3,(H,13,14). The van der Waals surface area contributed by atoms with Gasteiger partial charge in [-0.05, 0) is 19.9 Å². The maximum Gasteiger partial charge on any atom is 0.311 e. The highest BCUT2D eigenvalue weighted by Crippen LogP contribution is 2.33. The lowest BCUT2D eigenvalue weighted by Crippen LogP contribution is -2.53. The predicted molar refractivity (Wildman–Crippen MR) is 72.7 cm³/mol. The molecule has 0 aromatic carbocycles. The number of nitro groups is 1. The van der Waals surface area contributed by atoms with E-state index in [4.69, 9.17) is 4.74 Å². The van der Waals surface area contributed by atoms with Crippen molar-refractivity contribution in [3.63, 3.8) is 0 Å². The Morgan fingerprint density at radius 3 is 2.84 bits per heavy atom. The van der Waals surface area contributed by atoms with Gasteiger partial charge in [0.05, 0.1) is 23.7 Å². The number of rotatable bonds is 3. The molecule has 1 fully saturated rings. The Balaban J connectivity index is 2.49. The van der Waals surface area contributed by atoms with Crippen LogP contribution in [0.25, 0.3) is 0 Å². The molecule has 104 valence electrons. The van der Waals surface area contributed by atoms with Crippen molar-refractivity contribution in [2.75, 3.05) is 37.0 Å². The highest BCUT2D eigenvalue weighted by atomic mass is 16.6. The van der Waals surface area contributed by atoms with Crippen LogP contribution in [-0.4, -0.2) is 42.3 Å². The van der Waals surface area contributed by atoms with Crippen molar-refractivity contribution in [2.24, 2.45) is 0 Å². The van der Waals surface area contributed by atoms with Gasteiger partial charge in [0.25, 0.3) is 0 Å². The zero-order chi connectivity index (χ0) is 14.0. The van der Waals surface area contributed by atoms with Crippen LogP contribution in [0, 0.1) is 10.1 Å². The van der Waals surface area contributed by atoms with Gasteiger partial charge in [0.1, 0.15) is 5.82 Å². The van der Waals surface area contributed by atoms with E-state index in [2.05, 4.69) is 10.3 Å². The normalized spacial score (nSPS) is 18.2. The molecule has 7 nitrogen and oxygen atoms in total. The van der Waals surface area contributed by atoms with E-state index >= 15 is 0 Å². The maximum atomic E-state index is 11.2. The van der Waals surface area contributed by atoms with Crippen LogP contribution in [0.2, 0.25) is 0 Å². The lowest BCUT2D eigenvalue weighted by molar-refractivity contribution is -0.384. The maximum absolute atomic E-state index is 11.2. The molecule has 1 aromatic heterocycles. The topological polar surface area (TPSA) is 80.5 Å². The van der Waals surface area contributed by atoms with Gasteiger partial charge in [-0.2, -0.15) is 0 Å². The molecule has 1 aliphatic rings. The van der Waals surface area contributed by atoms with E-state index in [-0.39, 0.29) is 11.2 Å². The van der Waals surface area contributed by atoms with Crippen molar-refractivity contribution < 1.29 is 9.66 Å². The molecule has 2 rings (SSSR count). The zero-order valence-corrected chi connectivity index (χ0v) is 11.3. The third-order valence-electron chi connectivity index (χ3n) is 3.21. The van der Waals surface area contributed by atoms with Crippen LogP contribution in [0.3, 0.4) is 0 Å². The van der Waals surface area contributed by atoms with Gasteiger partial charge in [-0.1, -0.05) is 0 Å². The molecule has 0 spiro atoms. The van der Waals surface area contributed by atoms with Crippen molar-refractivity contribution in [1.82, 2.24) is 4.98 Å². The molecular weight excluding hydrogens is 248 g/mol. The van der Waals surface area contributed by atoms with Gasteiger partial charge in [-0.3, -0.25) is 10.1 Å². The van der Waals surface area contributed by atoms with E-state index in [1.165, 1.54) is 6.07 Å². The smallest absolute Gasteiger partial charge is 0.311 e. The van der Waals surface area contributed by atoms with Crippen molar-refractivity contribution >= 4 is 17.3 Å². The van der Waals surface area contributed by atoms with Crippen molar-refractivity contribution in [3.05, 3.63) is 22.2 Å². The average molecular weight is 266 g/mol. The highest BCUT2D eigenvalue weighted by Gasteiger charge is 2.35. The second-order valence-electron chi connectivity index (χ2n) is 5.06. The summed E-state index contributed by atoms with van der Waals surface area (Å²) in [6.45, 7) is 5.64. The Morgan fingerprint density at radius 2 is 2.26 bits per heavy atom. The minimum absolute atomic E-state index is 0.0222. The monoisotopic (exact) mass is 266 g/mol. The summed E-state index contributed by atoms with van der Waals surface area (Å²) in [4.78, 5) is 17.1. The SMILES string of the molecule is CNc1ccc([N+](=O)[O-])c(N2CCOCC2(C)C)n1. The van der Waals surface area contributed by atoms with Crippen LogP contribution in [0.5, 0.6) is 0 Å². The Kier molecular flexibility index (Phi) is 3.57. The van der Waals surface area contributed by atoms with Crippen LogP contribution >= 0.6 is 0 Å². The predicted octanol–water partition coefficient (Wildman–Crippen LogP) is 1.65. The number of nitrogens with zero attached hydrogens (tertiary/aromatic N) is 3. The van der Waals surface area contributed by atoms with Gasteiger partial charge in [0.15, 0.2) is 0 Å². The van der Waals surface area contributed by atoms with Crippen LogP contribution in [0.4, 0.5) is 17.3 Å². The number of morpholine rings is 1. The van der Waals surface area contributed by atoms with E-state index in [1.54, 1.807) is 13.1 Å². The first kappa shape index (κ1) is 13.5. The fourth-order valence-corrected chi connectivity index (χ4v) is 2.17. The molecular formula is C12H18N4O3. The number of ether oxygens (including phenoxy) is 1. The van der Waals surface area contributed by atoms with Crippen LogP contribution in [-0.2, 0) is 4.74 Å². The molecule has 0 unspecified atom stereocenters. The summed E-state index contributed by atoms with van der Waals surface area (Å²) in [7, 11) is 1.74. The van der Waals surface area contributed by atoms with Crippen LogP contribution in [0.1, 0.15) is 13.8 Å². The molecule has 1 saturated heterocycles. The van der Waals surface area contributed by atoms with Crippen molar-refractivity contribution in [2.45, 2.75) is 19.4 Å². The summed E-state index contributed by atoms with van der Waals surface area (Å²) in [5, 5.41) is 14.1. The summed E-state index contributed by atoms with van der Waals surface area (Å²) in [6.07, 6.45) is 0. The highest BCUT2D eigenvalue weighted by molar-refractivity contribution is 5.63. The fourth-order valence-electron chi connectivity index (χ4n) is 2.17. The minimum Gasteiger partial charge on any atom is -0.377 e. The third kappa shape index (κ3) is 2.60. The zero-order valence-electron chi connectivity index (χ0n) is 11.3. The molecule has 7 heteroatoms. The number of aromatic nitrogens is 1. The Bertz CT molecular complexity index is 490. The van der Waals surface area contributed by atoms with Crippen molar-refractivity contribution in [1.29, 1.82) is 0 Å². The molecule has 0 amide bonds. The van der Waals surface area contributed by atoms with E-state index in [1.807, 2.05) is 18.7 Å². The Hall–Kier alpha value is -1.89. The first-order valence-corrected chi connectivity index (χ1v) is 6.14. The number of nitrogens with one attached hydrogen (secondary N) is 1. The van der Waals surface area contributed by atoms with Gasteiger partial charge in [-0.15, -0.1) is 0 Å². The van der Waals surface area contributed by atoms with Crippen LogP contribution < -0.4 is 10.2 Å². The van der Waals surface area contributed by atoms with Crippen LogP contribution in [0.15, 0.2) is 12.1 Å². The van der Waals surface area contributed by atoms with Gasteiger partial charge in [0, 0.05) is 19.7 Å². The molecule has 0 radical (unpaired) electrons. The quantitative estimate of drug-likeness (QED) is 0.661. The molecule has 1 aromatic rings. The van der Waals surface area contributed by atoms with Gasteiger partial charge < -0.3 is 15.0 Å². The number of pyridine rings is 1. The molecule has 0 saturated carbocycles. The summed E-state index contributed by atoms with van der Waals surface area (Å²) in [5.74, 6) is 1.01. The molecule has 1 N–H and O–H groups in total. The van der Waals surface area contributed by atoms with E-state index < -0.39 is 4.92 Å². The lowest BCUT2D eigenvalue weighted by atomic mass is 10.0. The molecule has 0 bridgehead atoms. The average Bonchev–Trinajstić information content (AvgIpc) is 2.37. The molecule has 2 heterocycles. The Labute approximate surface area is 111 Å².